The average molecular weight is 397 g/mol. The first-order valence-electron chi connectivity index (χ1n) is 9.36. The minimum atomic E-state index is -1.13. The summed E-state index contributed by atoms with van der Waals surface area (Å²) in [6.07, 6.45) is 2.13. The van der Waals surface area contributed by atoms with Crippen molar-refractivity contribution in [1.82, 2.24) is 20.3 Å². The fourth-order valence-corrected chi connectivity index (χ4v) is 3.32. The molecule has 1 aliphatic rings. The van der Waals surface area contributed by atoms with Gasteiger partial charge in [0.05, 0.1) is 37.3 Å². The minimum absolute atomic E-state index is 0.161. The van der Waals surface area contributed by atoms with Gasteiger partial charge in [-0.2, -0.15) is 5.10 Å². The molecule has 9 nitrogen and oxygen atoms in total. The van der Waals surface area contributed by atoms with Crippen molar-refractivity contribution in [2.75, 3.05) is 11.5 Å². The molecule has 1 aliphatic heterocycles. The van der Waals surface area contributed by atoms with Gasteiger partial charge in [-0.1, -0.05) is 35.5 Å². The molecule has 1 amide bonds. The minimum Gasteiger partial charge on any atom is -0.375 e. The number of rotatable bonds is 7. The van der Waals surface area contributed by atoms with Crippen molar-refractivity contribution in [2.45, 2.75) is 39.4 Å². The molecular weight excluding hydrogens is 374 g/mol. The molecule has 2 aromatic heterocycles. The molecule has 2 atom stereocenters. The number of carbonyl (C=O) groups excluding carboxylic acids is 1. The molecule has 152 valence electrons. The van der Waals surface area contributed by atoms with E-state index in [1.807, 2.05) is 44.2 Å². The fourth-order valence-electron chi connectivity index (χ4n) is 3.32. The molecule has 3 heterocycles. The molecule has 0 spiro atoms. The largest absolute Gasteiger partial charge is 0.375 e. The molecule has 1 saturated heterocycles. The molecule has 1 fully saturated rings. The summed E-state index contributed by atoms with van der Waals surface area (Å²) in [4.78, 5) is 14.0. The number of benzene rings is 1. The highest BCUT2D eigenvalue weighted by molar-refractivity contribution is 5.99. The van der Waals surface area contributed by atoms with E-state index in [9.17, 15) is 9.90 Å². The topological polar surface area (TPSA) is 106 Å². The molecule has 0 bridgehead atoms. The molecule has 4 rings (SSSR count). The number of aryl methyl sites for hydroxylation is 2. The summed E-state index contributed by atoms with van der Waals surface area (Å²) in [5.74, 6) is 0.469. The van der Waals surface area contributed by atoms with Crippen molar-refractivity contribution in [1.29, 1.82) is 0 Å². The molecule has 3 aromatic rings. The number of amides is 1. The van der Waals surface area contributed by atoms with Gasteiger partial charge in [0.15, 0.2) is 6.35 Å². The van der Waals surface area contributed by atoms with Crippen molar-refractivity contribution in [3.8, 4) is 0 Å². The third-order valence-electron chi connectivity index (χ3n) is 4.93. The zero-order valence-electron chi connectivity index (χ0n) is 16.3. The lowest BCUT2D eigenvalue weighted by molar-refractivity contribution is -0.120. The first-order valence-corrected chi connectivity index (χ1v) is 9.36. The molecule has 2 unspecified atom stereocenters. The molecule has 0 saturated carbocycles. The maximum atomic E-state index is 12.8. The Kier molecular flexibility index (Phi) is 5.43. The van der Waals surface area contributed by atoms with Gasteiger partial charge in [-0.25, -0.2) is 0 Å². The van der Waals surface area contributed by atoms with Gasteiger partial charge in [-0.15, -0.1) is 0 Å². The van der Waals surface area contributed by atoms with Crippen LogP contribution in [0.2, 0.25) is 0 Å². The number of carbonyl (C=O) groups is 1. The van der Waals surface area contributed by atoms with Crippen molar-refractivity contribution < 1.29 is 19.2 Å². The third-order valence-corrected chi connectivity index (χ3v) is 4.93. The molecule has 2 N–H and O–H groups in total. The van der Waals surface area contributed by atoms with E-state index in [4.69, 9.17) is 9.26 Å². The van der Waals surface area contributed by atoms with Gasteiger partial charge in [0, 0.05) is 11.8 Å². The van der Waals surface area contributed by atoms with E-state index in [-0.39, 0.29) is 12.5 Å². The lowest BCUT2D eigenvalue weighted by Crippen LogP contribution is -2.37. The second kappa shape index (κ2) is 8.16. The second-order valence-electron chi connectivity index (χ2n) is 7.00. The van der Waals surface area contributed by atoms with E-state index in [0.29, 0.717) is 18.8 Å². The highest BCUT2D eigenvalue weighted by atomic mass is 16.5. The number of aromatic nitrogens is 3. The van der Waals surface area contributed by atoms with Crippen molar-refractivity contribution >= 4 is 11.6 Å². The lowest BCUT2D eigenvalue weighted by atomic mass is 10.2. The molecule has 9 heteroatoms. The number of hydrogen-bond donors (Lipinski definition) is 2. The van der Waals surface area contributed by atoms with Crippen LogP contribution < -0.4 is 10.2 Å². The number of ether oxygens (including phenoxy) is 1. The Morgan fingerprint density at radius 3 is 2.79 bits per heavy atom. The van der Waals surface area contributed by atoms with Crippen LogP contribution in [0.25, 0.3) is 0 Å². The van der Waals surface area contributed by atoms with Crippen LogP contribution in [0.4, 0.5) is 5.69 Å². The Morgan fingerprint density at radius 2 is 2.07 bits per heavy atom. The first-order chi connectivity index (χ1) is 14.0. The molecule has 0 aliphatic carbocycles. The Balaban J connectivity index is 1.39. The van der Waals surface area contributed by atoms with E-state index in [1.165, 1.54) is 4.90 Å². The van der Waals surface area contributed by atoms with Gasteiger partial charge < -0.3 is 14.4 Å². The van der Waals surface area contributed by atoms with Crippen LogP contribution in [0.1, 0.15) is 22.6 Å². The van der Waals surface area contributed by atoms with Gasteiger partial charge in [0.1, 0.15) is 11.8 Å². The predicted octanol–water partition coefficient (Wildman–Crippen LogP) is 1.33. The average Bonchev–Trinajstić information content (AvgIpc) is 3.37. The van der Waals surface area contributed by atoms with E-state index >= 15 is 0 Å². The van der Waals surface area contributed by atoms with Crippen LogP contribution in [0.5, 0.6) is 0 Å². The monoisotopic (exact) mass is 397 g/mol. The van der Waals surface area contributed by atoms with Crippen LogP contribution in [0, 0.1) is 13.8 Å². The summed E-state index contributed by atoms with van der Waals surface area (Å²) in [7, 11) is 0. The molecule has 29 heavy (non-hydrogen) atoms. The van der Waals surface area contributed by atoms with Crippen molar-refractivity contribution in [3.05, 3.63) is 65.3 Å². The van der Waals surface area contributed by atoms with E-state index < -0.39 is 12.4 Å². The third kappa shape index (κ3) is 4.07. The summed E-state index contributed by atoms with van der Waals surface area (Å²) in [5.41, 5.74) is 3.27. The zero-order valence-corrected chi connectivity index (χ0v) is 16.3. The van der Waals surface area contributed by atoms with Gasteiger partial charge in [-0.05, 0) is 19.4 Å². The quantitative estimate of drug-likeness (QED) is 0.620. The van der Waals surface area contributed by atoms with E-state index in [0.717, 1.165) is 22.6 Å². The zero-order chi connectivity index (χ0) is 20.4. The summed E-state index contributed by atoms with van der Waals surface area (Å²) >= 11 is 0. The number of anilines is 1. The van der Waals surface area contributed by atoms with Crippen LogP contribution in [-0.4, -0.2) is 45.0 Å². The van der Waals surface area contributed by atoms with E-state index in [2.05, 4.69) is 15.6 Å². The molecule has 0 radical (unpaired) electrons. The standard InChI is InChI=1S/C20H23N5O4/c1-13-17(14(2)29-23-13)10-24-9-16(8-21-24)25-19(26)18(22-20(25)27)12-28-11-15-6-4-3-5-7-15/h3-9,18,20,22,27H,10-12H2,1-2H3. The van der Waals surface area contributed by atoms with Gasteiger partial charge in [0.25, 0.3) is 0 Å². The number of aliphatic hydroxyl groups excluding tert-OH is 1. The SMILES string of the molecule is Cc1noc(C)c1Cn1cc(N2C(=O)C(COCc3ccccc3)NC2O)cn1. The Hall–Kier alpha value is -3.01. The smallest absolute Gasteiger partial charge is 0.249 e. The fraction of sp³-hybridized carbons (Fsp3) is 0.350. The van der Waals surface area contributed by atoms with Gasteiger partial charge in [0.2, 0.25) is 5.91 Å². The summed E-state index contributed by atoms with van der Waals surface area (Å²) in [5, 5.41) is 21.4. The Labute approximate surface area is 167 Å². The molecular formula is C20H23N5O4. The van der Waals surface area contributed by atoms with E-state index in [1.54, 1.807) is 17.1 Å². The summed E-state index contributed by atoms with van der Waals surface area (Å²) in [6, 6.07) is 9.09. The molecule has 1 aromatic carbocycles. The summed E-state index contributed by atoms with van der Waals surface area (Å²) in [6.45, 7) is 4.74. The van der Waals surface area contributed by atoms with Crippen molar-refractivity contribution in [2.24, 2.45) is 0 Å². The normalized spacial score (nSPS) is 19.3. The van der Waals surface area contributed by atoms with Gasteiger partial charge >= 0.3 is 0 Å². The first kappa shape index (κ1) is 19.3. The highest BCUT2D eigenvalue weighted by Gasteiger charge is 2.39. The van der Waals surface area contributed by atoms with Crippen LogP contribution in [0.3, 0.4) is 0 Å². The number of nitrogens with zero attached hydrogens (tertiary/aromatic N) is 4. The van der Waals surface area contributed by atoms with Crippen LogP contribution in [-0.2, 0) is 22.7 Å². The number of aliphatic hydroxyl groups is 1. The second-order valence-corrected chi connectivity index (χ2v) is 7.00. The summed E-state index contributed by atoms with van der Waals surface area (Å²) < 4.78 is 12.5. The maximum absolute atomic E-state index is 12.8. The Bertz CT molecular complexity index is 964. The highest BCUT2D eigenvalue weighted by Crippen LogP contribution is 2.22. The lowest BCUT2D eigenvalue weighted by Gasteiger charge is -2.17. The van der Waals surface area contributed by atoms with Crippen LogP contribution >= 0.6 is 0 Å². The van der Waals surface area contributed by atoms with Crippen LogP contribution in [0.15, 0.2) is 47.2 Å². The van der Waals surface area contributed by atoms with Gasteiger partial charge in [-0.3, -0.25) is 19.7 Å². The number of nitrogens with one attached hydrogen (secondary N) is 1. The number of hydrogen-bond acceptors (Lipinski definition) is 7. The predicted molar refractivity (Wildman–Crippen MR) is 104 cm³/mol. The van der Waals surface area contributed by atoms with Crippen molar-refractivity contribution in [3.63, 3.8) is 0 Å². The maximum Gasteiger partial charge on any atom is 0.249 e. The Morgan fingerprint density at radius 1 is 1.28 bits per heavy atom.